The van der Waals surface area contributed by atoms with Crippen molar-refractivity contribution in [2.45, 2.75) is 0 Å². The molecule has 0 unspecified atom stereocenters. The third-order valence-electron chi connectivity index (χ3n) is 1.93. The van der Waals surface area contributed by atoms with Gasteiger partial charge in [0.15, 0.2) is 17.2 Å². The minimum atomic E-state index is -0.961. The summed E-state index contributed by atoms with van der Waals surface area (Å²) in [6, 6.07) is 0. The monoisotopic (exact) mass is 182 g/mol. The number of aromatic hydroxyl groups is 3. The van der Waals surface area contributed by atoms with Crippen LogP contribution in [0.15, 0.2) is 0 Å². The highest BCUT2D eigenvalue weighted by molar-refractivity contribution is 6.43. The lowest BCUT2D eigenvalue weighted by molar-refractivity contribution is 0.321. The fourth-order valence-electron chi connectivity index (χ4n) is 1.33. The molecule has 66 valence electrons. The molecule has 6 nitrogen and oxygen atoms in total. The van der Waals surface area contributed by atoms with Gasteiger partial charge in [0.2, 0.25) is 17.2 Å². The van der Waals surface area contributed by atoms with Crippen molar-refractivity contribution in [3.05, 3.63) is 0 Å². The van der Waals surface area contributed by atoms with Crippen molar-refractivity contribution in [2.24, 2.45) is 0 Å². The van der Waals surface area contributed by atoms with E-state index in [9.17, 15) is 10.2 Å². The van der Waals surface area contributed by atoms with Crippen LogP contribution in [0.1, 0.15) is 0 Å². The molecule has 1 aromatic rings. The predicted octanol–water partition coefficient (Wildman–Crippen LogP) is -0.0481. The first kappa shape index (κ1) is 6.58. The average Bonchev–Trinajstić information content (AvgIpc) is 2.70. The van der Waals surface area contributed by atoms with Crippen LogP contribution in [0.25, 0.3) is 0 Å². The first-order valence-electron chi connectivity index (χ1n) is 3.49. The fourth-order valence-corrected chi connectivity index (χ4v) is 1.33. The molecule has 0 radical (unpaired) electrons. The van der Waals surface area contributed by atoms with Crippen molar-refractivity contribution in [2.75, 3.05) is 0 Å². The second-order valence-electron chi connectivity index (χ2n) is 2.68. The van der Waals surface area contributed by atoms with Gasteiger partial charge < -0.3 is 29.3 Å². The van der Waals surface area contributed by atoms with Gasteiger partial charge in [-0.3, -0.25) is 0 Å². The molecule has 2 bridgehead atoms. The molecular formula is C6H3BO6. The molecule has 7 heteroatoms. The number of phenols is 3. The highest BCUT2D eigenvalue weighted by Gasteiger charge is 2.51. The zero-order chi connectivity index (χ0) is 9.16. The molecule has 13 heavy (non-hydrogen) atoms. The maximum Gasteiger partial charge on any atom is 0.864 e. The van der Waals surface area contributed by atoms with Gasteiger partial charge in [-0.05, 0) is 0 Å². The van der Waals surface area contributed by atoms with Gasteiger partial charge in [-0.1, -0.05) is 0 Å². The Morgan fingerprint density at radius 1 is 0.692 bits per heavy atom. The molecule has 2 heterocycles. The topological polar surface area (TPSA) is 88.4 Å². The third-order valence-corrected chi connectivity index (χ3v) is 1.93. The first-order valence-corrected chi connectivity index (χ1v) is 3.49. The normalized spacial score (nSPS) is 15.2. The molecule has 3 rings (SSSR count). The molecule has 0 aliphatic carbocycles. The summed E-state index contributed by atoms with van der Waals surface area (Å²) in [6.07, 6.45) is 0. The van der Waals surface area contributed by atoms with E-state index < -0.39 is 24.6 Å². The average molecular weight is 182 g/mol. The Kier molecular flexibility index (Phi) is 0.864. The summed E-state index contributed by atoms with van der Waals surface area (Å²) in [6.45, 7) is 0. The van der Waals surface area contributed by atoms with Crippen LogP contribution >= 0.6 is 0 Å². The van der Waals surface area contributed by atoms with Crippen LogP contribution in [-0.2, 0) is 0 Å². The second kappa shape index (κ2) is 1.71. The van der Waals surface area contributed by atoms with Crippen molar-refractivity contribution >= 4 is 7.32 Å². The Morgan fingerprint density at radius 3 is 1.62 bits per heavy atom. The van der Waals surface area contributed by atoms with Crippen molar-refractivity contribution in [1.82, 2.24) is 0 Å². The molecule has 0 atom stereocenters. The summed E-state index contributed by atoms with van der Waals surface area (Å²) in [4.78, 5) is 0. The first-order chi connectivity index (χ1) is 6.18. The zero-order valence-electron chi connectivity index (χ0n) is 6.14. The summed E-state index contributed by atoms with van der Waals surface area (Å²) in [5.74, 6) is -1.62. The maximum atomic E-state index is 9.27. The Hall–Kier alpha value is -1.92. The summed E-state index contributed by atoms with van der Waals surface area (Å²) in [7, 11) is -0.961. The summed E-state index contributed by atoms with van der Waals surface area (Å²) in [5.41, 5.74) is 0. The molecule has 0 saturated heterocycles. The lowest BCUT2D eigenvalue weighted by Crippen LogP contribution is -2.29. The molecule has 3 N–H and O–H groups in total. The molecule has 2 aliphatic heterocycles. The summed E-state index contributed by atoms with van der Waals surface area (Å²) < 4.78 is 14.7. The number of hydrogen-bond donors (Lipinski definition) is 3. The second-order valence-corrected chi connectivity index (χ2v) is 2.68. The molecule has 1 aromatic carbocycles. The number of hydrogen-bond acceptors (Lipinski definition) is 6. The van der Waals surface area contributed by atoms with Crippen LogP contribution in [0.5, 0.6) is 34.5 Å². The van der Waals surface area contributed by atoms with Crippen LogP contribution in [0.3, 0.4) is 0 Å². The molecular weight excluding hydrogens is 179 g/mol. The van der Waals surface area contributed by atoms with E-state index in [0.29, 0.717) is 0 Å². The largest absolute Gasteiger partial charge is 0.864 e. The smallest absolute Gasteiger partial charge is 0.502 e. The Morgan fingerprint density at radius 2 is 1.15 bits per heavy atom. The quantitative estimate of drug-likeness (QED) is 0.385. The summed E-state index contributed by atoms with van der Waals surface area (Å²) in [5, 5.41) is 27.7. The van der Waals surface area contributed by atoms with Crippen LogP contribution < -0.4 is 14.0 Å². The zero-order valence-corrected chi connectivity index (χ0v) is 6.14. The van der Waals surface area contributed by atoms with E-state index >= 15 is 0 Å². The number of benzene rings is 1. The molecule has 0 aromatic heterocycles. The minimum absolute atomic E-state index is 0.00144. The fraction of sp³-hybridized carbons (Fsp3) is 0. The van der Waals surface area contributed by atoms with E-state index in [4.69, 9.17) is 19.1 Å². The predicted molar refractivity (Wildman–Crippen MR) is 39.1 cm³/mol. The maximum absolute atomic E-state index is 9.27. The van der Waals surface area contributed by atoms with Gasteiger partial charge in [-0.25, -0.2) is 0 Å². The van der Waals surface area contributed by atoms with Crippen molar-refractivity contribution < 1.29 is 29.3 Å². The van der Waals surface area contributed by atoms with Crippen molar-refractivity contribution in [1.29, 1.82) is 0 Å². The van der Waals surface area contributed by atoms with Crippen molar-refractivity contribution in [3.8, 4) is 34.5 Å². The van der Waals surface area contributed by atoms with Crippen LogP contribution in [0.4, 0.5) is 0 Å². The lowest BCUT2D eigenvalue weighted by Gasteiger charge is -2.12. The standard InChI is InChI=1S/C6H3BO6/c8-1-2(9)4-6-5(3(1)10)12-7(11-4)13-6/h8-10H. The van der Waals surface area contributed by atoms with Crippen LogP contribution in [-0.4, -0.2) is 22.6 Å². The van der Waals surface area contributed by atoms with Gasteiger partial charge in [0.25, 0.3) is 0 Å². The minimum Gasteiger partial charge on any atom is -0.502 e. The Bertz CT molecular complexity index is 383. The van der Waals surface area contributed by atoms with E-state index in [1.807, 2.05) is 0 Å². The van der Waals surface area contributed by atoms with E-state index in [0.717, 1.165) is 0 Å². The Labute approximate surface area is 72.1 Å². The molecule has 0 spiro atoms. The Balaban J connectivity index is 2.42. The van der Waals surface area contributed by atoms with E-state index in [-0.39, 0.29) is 17.2 Å². The molecule has 0 saturated carbocycles. The third kappa shape index (κ3) is 0.567. The highest BCUT2D eigenvalue weighted by atomic mass is 16.8. The summed E-state index contributed by atoms with van der Waals surface area (Å²) >= 11 is 0. The van der Waals surface area contributed by atoms with Gasteiger partial charge in [0.05, 0.1) is 0 Å². The van der Waals surface area contributed by atoms with Gasteiger partial charge in [-0.2, -0.15) is 0 Å². The van der Waals surface area contributed by atoms with E-state index in [1.165, 1.54) is 0 Å². The van der Waals surface area contributed by atoms with Crippen molar-refractivity contribution in [3.63, 3.8) is 0 Å². The van der Waals surface area contributed by atoms with Gasteiger partial charge in [-0.15, -0.1) is 0 Å². The van der Waals surface area contributed by atoms with Gasteiger partial charge >= 0.3 is 7.32 Å². The highest BCUT2D eigenvalue weighted by Crippen LogP contribution is 2.61. The number of rotatable bonds is 0. The molecule has 2 aliphatic rings. The molecule has 0 amide bonds. The van der Waals surface area contributed by atoms with E-state index in [2.05, 4.69) is 0 Å². The molecule has 0 fully saturated rings. The van der Waals surface area contributed by atoms with Gasteiger partial charge in [0.1, 0.15) is 0 Å². The van der Waals surface area contributed by atoms with E-state index in [1.54, 1.807) is 0 Å². The SMILES string of the molecule is Oc1c(O)c2c3c(c1O)OB(O2)O3. The van der Waals surface area contributed by atoms with Crippen LogP contribution in [0.2, 0.25) is 0 Å². The number of phenolic OH excluding ortho intramolecular Hbond substituents is 3. The van der Waals surface area contributed by atoms with Gasteiger partial charge in [0, 0.05) is 0 Å². The van der Waals surface area contributed by atoms with Crippen LogP contribution in [0, 0.1) is 0 Å². The number of fused-ring (bicyclic) bond motifs is 1. The lowest BCUT2D eigenvalue weighted by atomic mass is 10.2.